The van der Waals surface area contributed by atoms with Gasteiger partial charge in [0.15, 0.2) is 0 Å². The Balaban J connectivity index is 1.52. The van der Waals surface area contributed by atoms with E-state index in [1.54, 1.807) is 18.4 Å². The van der Waals surface area contributed by atoms with Crippen LogP contribution >= 0.6 is 10.2 Å². The fraction of sp³-hybridized carbons (Fsp3) is 0.538. The molecule has 0 radical (unpaired) electrons. The first-order chi connectivity index (χ1) is 9.34. The number of nitrogens with one attached hydrogen (secondary N) is 1. The van der Waals surface area contributed by atoms with E-state index in [0.29, 0.717) is 12.2 Å². The topological polar surface area (TPSA) is 54.6 Å². The summed E-state index contributed by atoms with van der Waals surface area (Å²) in [7, 11) is 2.11. The van der Waals surface area contributed by atoms with Gasteiger partial charge in [-0.25, -0.2) is 0 Å². The Bertz CT molecular complexity index is 403. The van der Waals surface area contributed by atoms with E-state index >= 15 is 0 Å². The minimum atomic E-state index is -0.0193. The Morgan fingerprint density at radius 2 is 2.58 bits per heavy atom. The fourth-order valence-corrected chi connectivity index (χ4v) is 7.24. The number of rotatable bonds is 7. The summed E-state index contributed by atoms with van der Waals surface area (Å²) in [5.74, 6) is 1.96. The molecule has 2 heterocycles. The summed E-state index contributed by atoms with van der Waals surface area (Å²) >= 11 is 0.787. The first-order valence-corrected chi connectivity index (χ1v) is 10.5. The predicted octanol–water partition coefficient (Wildman–Crippen LogP) is 2.83. The molecule has 1 fully saturated rings. The summed E-state index contributed by atoms with van der Waals surface area (Å²) in [6.07, 6.45) is 8.42. The molecular weight excluding hydrogens is 327 g/mol. The van der Waals surface area contributed by atoms with Crippen molar-refractivity contribution in [2.24, 2.45) is 5.10 Å². The molecule has 1 unspecified atom stereocenters. The third kappa shape index (κ3) is 5.85. The summed E-state index contributed by atoms with van der Waals surface area (Å²) < 4.78 is 5.07. The second-order valence-electron chi connectivity index (χ2n) is 4.38. The summed E-state index contributed by atoms with van der Waals surface area (Å²) in [4.78, 5) is 12.5. The molecule has 0 aromatic carbocycles. The van der Waals surface area contributed by atoms with E-state index in [1.165, 1.54) is 24.8 Å². The Labute approximate surface area is 123 Å². The average Bonchev–Trinajstić information content (AvgIpc) is 3.07. The third-order valence-corrected chi connectivity index (χ3v) is 8.25. The molecular formula is C13H18N2O2SSe. The number of furan rings is 1. The Morgan fingerprint density at radius 3 is 3.32 bits per heavy atom. The van der Waals surface area contributed by atoms with Gasteiger partial charge < -0.3 is 0 Å². The van der Waals surface area contributed by atoms with Crippen molar-refractivity contribution in [3.8, 4) is 0 Å². The molecule has 1 aliphatic rings. The van der Waals surface area contributed by atoms with Gasteiger partial charge in [0, 0.05) is 0 Å². The fourth-order valence-electron chi connectivity index (χ4n) is 1.81. The molecule has 1 saturated heterocycles. The summed E-state index contributed by atoms with van der Waals surface area (Å²) in [6.45, 7) is 0. The minimum absolute atomic E-state index is 0.0193. The van der Waals surface area contributed by atoms with Gasteiger partial charge >= 0.3 is 123 Å². The average molecular weight is 345 g/mol. The van der Waals surface area contributed by atoms with Gasteiger partial charge in [-0.1, -0.05) is 0 Å². The SMILES string of the molecule is O=C(CCCCC1CCS[Se]1)N/N=C/c1ccco1. The quantitative estimate of drug-likeness (QED) is 0.358. The van der Waals surface area contributed by atoms with Crippen LogP contribution in [0.3, 0.4) is 0 Å². The molecule has 104 valence electrons. The number of amides is 1. The zero-order valence-corrected chi connectivity index (χ0v) is 13.2. The maximum atomic E-state index is 11.5. The number of carbonyl (C=O) groups is 1. The zero-order chi connectivity index (χ0) is 13.3. The van der Waals surface area contributed by atoms with Crippen LogP contribution in [0.2, 0.25) is 4.82 Å². The van der Waals surface area contributed by atoms with Crippen LogP contribution in [0.4, 0.5) is 0 Å². The number of hydrogen-bond donors (Lipinski definition) is 1. The Kier molecular flexibility index (Phi) is 6.54. The molecule has 4 nitrogen and oxygen atoms in total. The monoisotopic (exact) mass is 346 g/mol. The van der Waals surface area contributed by atoms with Gasteiger partial charge in [-0.2, -0.15) is 0 Å². The molecule has 0 aliphatic carbocycles. The van der Waals surface area contributed by atoms with E-state index in [4.69, 9.17) is 4.42 Å². The molecule has 1 N–H and O–H groups in total. The van der Waals surface area contributed by atoms with E-state index < -0.39 is 0 Å². The zero-order valence-electron chi connectivity index (χ0n) is 10.7. The molecule has 2 rings (SSSR count). The Hall–Kier alpha value is -0.711. The van der Waals surface area contributed by atoms with Gasteiger partial charge in [0.05, 0.1) is 0 Å². The van der Waals surface area contributed by atoms with Crippen LogP contribution in [0.1, 0.15) is 37.9 Å². The van der Waals surface area contributed by atoms with Crippen molar-refractivity contribution in [1.29, 1.82) is 0 Å². The maximum absolute atomic E-state index is 11.5. The third-order valence-electron chi connectivity index (χ3n) is 2.83. The molecule has 1 atom stereocenters. The molecule has 1 aromatic heterocycles. The van der Waals surface area contributed by atoms with Gasteiger partial charge in [0.25, 0.3) is 0 Å². The second-order valence-corrected chi connectivity index (χ2v) is 9.31. The molecule has 0 saturated carbocycles. The van der Waals surface area contributed by atoms with E-state index in [-0.39, 0.29) is 5.91 Å². The van der Waals surface area contributed by atoms with Gasteiger partial charge in [-0.3, -0.25) is 0 Å². The van der Waals surface area contributed by atoms with Gasteiger partial charge in [0.1, 0.15) is 0 Å². The molecule has 0 spiro atoms. The van der Waals surface area contributed by atoms with Gasteiger partial charge in [0.2, 0.25) is 0 Å². The van der Waals surface area contributed by atoms with E-state index in [9.17, 15) is 4.79 Å². The van der Waals surface area contributed by atoms with E-state index in [1.807, 2.05) is 0 Å². The Morgan fingerprint density at radius 1 is 1.63 bits per heavy atom. The number of unbranched alkanes of at least 4 members (excludes halogenated alkanes) is 1. The van der Waals surface area contributed by atoms with Crippen LogP contribution in [-0.2, 0) is 4.79 Å². The van der Waals surface area contributed by atoms with Crippen molar-refractivity contribution in [3.63, 3.8) is 0 Å². The number of nitrogens with zero attached hydrogens (tertiary/aromatic N) is 1. The van der Waals surface area contributed by atoms with Gasteiger partial charge in [-0.05, 0) is 0 Å². The number of hydrogen-bond acceptors (Lipinski definition) is 4. The molecule has 1 aromatic rings. The predicted molar refractivity (Wildman–Crippen MR) is 79.5 cm³/mol. The van der Waals surface area contributed by atoms with Crippen molar-refractivity contribution >= 4 is 36.1 Å². The van der Waals surface area contributed by atoms with E-state index in [2.05, 4.69) is 20.7 Å². The van der Waals surface area contributed by atoms with Crippen molar-refractivity contribution in [3.05, 3.63) is 24.2 Å². The normalized spacial score (nSPS) is 19.1. The first-order valence-electron chi connectivity index (χ1n) is 6.48. The number of hydrazone groups is 1. The van der Waals surface area contributed by atoms with Crippen LogP contribution < -0.4 is 5.43 Å². The number of carbonyl (C=O) groups excluding carboxylic acids is 1. The molecule has 1 amide bonds. The van der Waals surface area contributed by atoms with Crippen LogP contribution in [0.5, 0.6) is 0 Å². The summed E-state index contributed by atoms with van der Waals surface area (Å²) in [5.41, 5.74) is 2.52. The van der Waals surface area contributed by atoms with E-state index in [0.717, 1.165) is 31.5 Å². The van der Waals surface area contributed by atoms with Crippen molar-refractivity contribution in [2.75, 3.05) is 5.75 Å². The molecule has 0 bridgehead atoms. The summed E-state index contributed by atoms with van der Waals surface area (Å²) in [5, 5.41) is 3.85. The standard InChI is InChI=1S/C13H18N2O2SSe/c16-13(15-14-10-11-4-3-8-17-11)6-2-1-5-12-7-9-18-19-12/h3-4,8,10,12H,1-2,5-7,9H2,(H,15,16)/b14-10+. The first kappa shape index (κ1) is 14.7. The van der Waals surface area contributed by atoms with Gasteiger partial charge in [-0.15, -0.1) is 0 Å². The summed E-state index contributed by atoms with van der Waals surface area (Å²) in [6, 6.07) is 3.57. The van der Waals surface area contributed by atoms with Crippen molar-refractivity contribution in [2.45, 2.75) is 36.9 Å². The second kappa shape index (κ2) is 8.46. The van der Waals surface area contributed by atoms with Crippen LogP contribution in [0.25, 0.3) is 0 Å². The molecule has 6 heteroatoms. The van der Waals surface area contributed by atoms with Crippen molar-refractivity contribution < 1.29 is 9.21 Å². The van der Waals surface area contributed by atoms with Crippen LogP contribution in [0, 0.1) is 0 Å². The van der Waals surface area contributed by atoms with Crippen molar-refractivity contribution in [1.82, 2.24) is 5.43 Å². The van der Waals surface area contributed by atoms with Crippen LogP contribution in [-0.4, -0.2) is 31.7 Å². The van der Waals surface area contributed by atoms with Crippen LogP contribution in [0.15, 0.2) is 27.9 Å². The molecule has 19 heavy (non-hydrogen) atoms. The molecule has 1 aliphatic heterocycles.